The first kappa shape index (κ1) is 23.3. The topological polar surface area (TPSA) is 170 Å². The smallest absolute Gasteiger partial charge is 0.324 e. The highest BCUT2D eigenvalue weighted by Gasteiger charge is 2.30. The number of phenolic OH excluding ortho intramolecular Hbond substituents is 2. The van der Waals surface area contributed by atoms with Crippen LogP contribution in [0.3, 0.4) is 0 Å². The Bertz CT molecular complexity index is 846. The van der Waals surface area contributed by atoms with Gasteiger partial charge in [0.25, 0.3) is 11.4 Å². The summed E-state index contributed by atoms with van der Waals surface area (Å²) < 4.78 is 0. The first-order valence-electron chi connectivity index (χ1n) is 8.61. The Kier molecular flexibility index (Phi) is 8.46. The number of hydrogen-bond donors (Lipinski definition) is 2. The third kappa shape index (κ3) is 7.40. The molecule has 0 radical (unpaired) electrons. The summed E-state index contributed by atoms with van der Waals surface area (Å²) in [5, 5.41) is 49.3. The van der Waals surface area contributed by atoms with Crippen LogP contribution in [0.15, 0.2) is 36.4 Å². The van der Waals surface area contributed by atoms with Gasteiger partial charge >= 0.3 is 11.4 Å². The van der Waals surface area contributed by atoms with E-state index in [1.54, 1.807) is 12.1 Å². The van der Waals surface area contributed by atoms with Crippen LogP contribution in [0.5, 0.6) is 11.5 Å². The molecule has 2 rings (SSSR count). The largest absolute Gasteiger partial charge is 0.508 e. The van der Waals surface area contributed by atoms with E-state index in [2.05, 4.69) is 13.8 Å². The molecule has 2 aromatic rings. The lowest BCUT2D eigenvalue weighted by atomic mass is 10.0. The molecular weight excluding hydrogens is 386 g/mol. The van der Waals surface area contributed by atoms with Gasteiger partial charge in [-0.1, -0.05) is 32.4 Å². The van der Waals surface area contributed by atoms with E-state index in [1.807, 2.05) is 12.1 Å². The normalized spacial score (nSPS) is 10.2. The molecule has 0 saturated heterocycles. The van der Waals surface area contributed by atoms with Crippen LogP contribution >= 0.6 is 0 Å². The molecule has 0 fully saturated rings. The maximum Gasteiger partial charge on any atom is 0.324 e. The van der Waals surface area contributed by atoms with E-state index in [1.165, 1.54) is 18.4 Å². The van der Waals surface area contributed by atoms with Crippen molar-refractivity contribution in [3.63, 3.8) is 0 Å². The molecule has 156 valence electrons. The number of aromatic hydroxyl groups is 2. The van der Waals surface area contributed by atoms with Gasteiger partial charge in [0.2, 0.25) is 0 Å². The van der Waals surface area contributed by atoms with Gasteiger partial charge < -0.3 is 10.2 Å². The van der Waals surface area contributed by atoms with Crippen molar-refractivity contribution in [1.82, 2.24) is 0 Å². The first-order valence-corrected chi connectivity index (χ1v) is 8.61. The van der Waals surface area contributed by atoms with Gasteiger partial charge in [0.05, 0.1) is 26.9 Å². The molecule has 0 amide bonds. The zero-order chi connectivity index (χ0) is 22.1. The number of rotatable bonds is 7. The van der Waals surface area contributed by atoms with E-state index in [9.17, 15) is 30.3 Å². The molecule has 0 saturated carbocycles. The van der Waals surface area contributed by atoms with Crippen molar-refractivity contribution in [1.29, 1.82) is 0 Å². The Morgan fingerprint density at radius 3 is 1.72 bits per heavy atom. The van der Waals surface area contributed by atoms with E-state index in [0.717, 1.165) is 12.3 Å². The van der Waals surface area contributed by atoms with Crippen LogP contribution < -0.4 is 0 Å². The third-order valence-corrected chi connectivity index (χ3v) is 3.84. The molecule has 2 aromatic carbocycles. The average molecular weight is 407 g/mol. The summed E-state index contributed by atoms with van der Waals surface area (Å²) in [5.74, 6) is -0.0645. The van der Waals surface area contributed by atoms with Crippen LogP contribution in [0.1, 0.15) is 32.3 Å². The Hall–Kier alpha value is -3.76. The fourth-order valence-corrected chi connectivity index (χ4v) is 2.35. The van der Waals surface area contributed by atoms with Gasteiger partial charge in [-0.15, -0.1) is 0 Å². The molecule has 0 heterocycles. The summed E-state index contributed by atoms with van der Waals surface area (Å²) in [5.41, 5.74) is -1.68. The molecule has 29 heavy (non-hydrogen) atoms. The molecule has 0 unspecified atom stereocenters. The lowest BCUT2D eigenvalue weighted by Crippen LogP contribution is -1.97. The number of benzene rings is 2. The van der Waals surface area contributed by atoms with Gasteiger partial charge in [-0.25, -0.2) is 0 Å². The maximum absolute atomic E-state index is 10.4. The fraction of sp³-hybridized carbons (Fsp3) is 0.333. The molecule has 0 aliphatic heterocycles. The van der Waals surface area contributed by atoms with Gasteiger partial charge in [0.15, 0.2) is 0 Å². The van der Waals surface area contributed by atoms with Crippen molar-refractivity contribution < 1.29 is 25.0 Å². The predicted octanol–water partition coefficient (Wildman–Crippen LogP) is 4.49. The Morgan fingerprint density at radius 2 is 1.34 bits per heavy atom. The van der Waals surface area contributed by atoms with Gasteiger partial charge in [0, 0.05) is 0 Å². The average Bonchev–Trinajstić information content (AvgIpc) is 2.63. The minimum absolute atomic E-state index is 0.354. The number of nitro groups is 3. The van der Waals surface area contributed by atoms with Crippen molar-refractivity contribution in [2.75, 3.05) is 0 Å². The lowest BCUT2D eigenvalue weighted by molar-refractivity contribution is -0.404. The second kappa shape index (κ2) is 10.5. The molecule has 11 nitrogen and oxygen atoms in total. The summed E-state index contributed by atoms with van der Waals surface area (Å²) in [6.45, 7) is 4.49. The minimum atomic E-state index is -1.21. The zero-order valence-corrected chi connectivity index (χ0v) is 15.8. The summed E-state index contributed by atoms with van der Waals surface area (Å²) in [6.07, 6.45) is 3.64. The summed E-state index contributed by atoms with van der Waals surface area (Å²) in [7, 11) is 0. The SMILES string of the molecule is CC(C)CCCc1ccc(O)cc1.O=[N+]([O-])c1cc([N+](=O)[O-])c(O)c([N+](=O)[O-])c1. The Balaban J connectivity index is 0.000000296. The molecule has 11 heteroatoms. The number of hydrogen-bond acceptors (Lipinski definition) is 8. The van der Waals surface area contributed by atoms with Gasteiger partial charge in [-0.05, 0) is 36.5 Å². The van der Waals surface area contributed by atoms with Crippen molar-refractivity contribution in [2.45, 2.75) is 33.1 Å². The number of aryl methyl sites for hydroxylation is 1. The number of non-ortho nitro benzene ring substituents is 1. The van der Waals surface area contributed by atoms with Crippen molar-refractivity contribution in [3.05, 3.63) is 72.3 Å². The van der Waals surface area contributed by atoms with E-state index in [-0.39, 0.29) is 0 Å². The van der Waals surface area contributed by atoms with Gasteiger partial charge in [-0.3, -0.25) is 30.3 Å². The number of nitrogens with zero attached hydrogens (tertiary/aromatic N) is 3. The molecule has 0 aliphatic carbocycles. The fourth-order valence-electron chi connectivity index (χ4n) is 2.35. The molecule has 0 atom stereocenters. The highest BCUT2D eigenvalue weighted by atomic mass is 16.6. The maximum atomic E-state index is 10.4. The van der Waals surface area contributed by atoms with Crippen LogP contribution in [0, 0.1) is 36.3 Å². The van der Waals surface area contributed by atoms with E-state index < -0.39 is 37.6 Å². The number of phenols is 2. The summed E-state index contributed by atoms with van der Waals surface area (Å²) >= 11 is 0. The quantitative estimate of drug-likeness (QED) is 0.499. The predicted molar refractivity (Wildman–Crippen MR) is 104 cm³/mol. The van der Waals surface area contributed by atoms with Crippen LogP contribution in [-0.4, -0.2) is 25.0 Å². The standard InChI is InChI=1S/C12H18O.C6H3N3O7/c1-10(2)4-3-5-11-6-8-12(13)9-7-11;10-6-4(8(13)14)1-3(7(11)12)2-5(6)9(15)16/h6-10,13H,3-5H2,1-2H3;1-2,10H. The molecule has 0 spiro atoms. The van der Waals surface area contributed by atoms with Crippen LogP contribution in [-0.2, 0) is 6.42 Å². The lowest BCUT2D eigenvalue weighted by Gasteiger charge is -2.04. The molecule has 0 aromatic heterocycles. The van der Waals surface area contributed by atoms with Gasteiger partial charge in [0.1, 0.15) is 5.75 Å². The molecule has 2 N–H and O–H groups in total. The third-order valence-electron chi connectivity index (χ3n) is 3.84. The van der Waals surface area contributed by atoms with E-state index in [4.69, 9.17) is 10.2 Å². The van der Waals surface area contributed by atoms with Crippen LogP contribution in [0.2, 0.25) is 0 Å². The van der Waals surface area contributed by atoms with Crippen molar-refractivity contribution in [3.8, 4) is 11.5 Å². The highest BCUT2D eigenvalue weighted by Crippen LogP contribution is 2.38. The monoisotopic (exact) mass is 407 g/mol. The Labute approximate surface area is 165 Å². The van der Waals surface area contributed by atoms with E-state index in [0.29, 0.717) is 17.9 Å². The molecule has 0 aliphatic rings. The second-order valence-corrected chi connectivity index (χ2v) is 6.56. The van der Waals surface area contributed by atoms with Crippen molar-refractivity contribution >= 4 is 17.1 Å². The zero-order valence-electron chi connectivity index (χ0n) is 15.8. The molecular formula is C18H21N3O8. The minimum Gasteiger partial charge on any atom is -0.508 e. The van der Waals surface area contributed by atoms with Gasteiger partial charge in [-0.2, -0.15) is 0 Å². The first-order chi connectivity index (χ1) is 13.5. The van der Waals surface area contributed by atoms with Crippen LogP contribution in [0.25, 0.3) is 0 Å². The van der Waals surface area contributed by atoms with E-state index >= 15 is 0 Å². The highest BCUT2D eigenvalue weighted by molar-refractivity contribution is 5.64. The molecule has 0 bridgehead atoms. The van der Waals surface area contributed by atoms with Crippen LogP contribution in [0.4, 0.5) is 17.1 Å². The van der Waals surface area contributed by atoms with Crippen molar-refractivity contribution in [2.24, 2.45) is 5.92 Å². The number of nitro benzene ring substituents is 3. The Morgan fingerprint density at radius 1 is 0.862 bits per heavy atom. The summed E-state index contributed by atoms with van der Waals surface area (Å²) in [6, 6.07) is 8.39. The second-order valence-electron chi connectivity index (χ2n) is 6.56. The summed E-state index contributed by atoms with van der Waals surface area (Å²) in [4.78, 5) is 27.8.